The Morgan fingerprint density at radius 1 is 0.778 bits per heavy atom. The quantitative estimate of drug-likeness (QED) is 0.628. The van der Waals surface area contributed by atoms with Gasteiger partial charge in [-0.3, -0.25) is 9.59 Å². The Bertz CT molecular complexity index is 806. The lowest BCUT2D eigenvalue weighted by atomic mass is 10.0. The van der Waals surface area contributed by atoms with Gasteiger partial charge in [-0.05, 0) is 36.2 Å². The maximum absolute atomic E-state index is 12.4. The molecule has 0 spiro atoms. The molecule has 0 bridgehead atoms. The molecule has 0 saturated heterocycles. The highest BCUT2D eigenvalue weighted by Crippen LogP contribution is 2.17. The molecule has 4 amide bonds. The Balaban J connectivity index is 2.00. The van der Waals surface area contributed by atoms with E-state index in [9.17, 15) is 14.4 Å². The molecule has 7 heteroatoms. The summed E-state index contributed by atoms with van der Waals surface area (Å²) in [6.07, 6.45) is 0. The zero-order valence-corrected chi connectivity index (χ0v) is 15.6. The van der Waals surface area contributed by atoms with Crippen LogP contribution >= 0.6 is 0 Å². The van der Waals surface area contributed by atoms with Crippen molar-refractivity contribution < 1.29 is 14.4 Å². The number of nitrogens with one attached hydrogen (secondary N) is 4. The minimum atomic E-state index is -0.638. The summed E-state index contributed by atoms with van der Waals surface area (Å²) in [6, 6.07) is 14.8. The highest BCUT2D eigenvalue weighted by Gasteiger charge is 2.23. The molecule has 0 heterocycles. The van der Waals surface area contributed by atoms with Crippen LogP contribution in [0, 0.1) is 5.92 Å². The van der Waals surface area contributed by atoms with Gasteiger partial charge in [0.2, 0.25) is 11.8 Å². The topological polar surface area (TPSA) is 99.3 Å². The van der Waals surface area contributed by atoms with Crippen molar-refractivity contribution in [2.24, 2.45) is 5.92 Å². The van der Waals surface area contributed by atoms with Crippen LogP contribution < -0.4 is 21.3 Å². The van der Waals surface area contributed by atoms with Crippen LogP contribution in [0.5, 0.6) is 0 Å². The third-order valence-corrected chi connectivity index (χ3v) is 3.73. The van der Waals surface area contributed by atoms with Crippen LogP contribution in [0.15, 0.2) is 54.6 Å². The number of para-hydroxylation sites is 1. The van der Waals surface area contributed by atoms with Crippen molar-refractivity contribution in [3.8, 4) is 0 Å². The predicted octanol–water partition coefficient (Wildman–Crippen LogP) is 3.43. The second kappa shape index (κ2) is 9.38. The maximum Gasteiger partial charge on any atom is 0.323 e. The van der Waals surface area contributed by atoms with Crippen molar-refractivity contribution in [3.63, 3.8) is 0 Å². The summed E-state index contributed by atoms with van der Waals surface area (Å²) in [6.45, 7) is 5.08. The van der Waals surface area contributed by atoms with E-state index < -0.39 is 6.04 Å². The standard InChI is InChI=1S/C20H24N4O3/c1-13(2)18(21-14(3)25)19(26)22-16-10-7-11-17(12-16)24-20(27)23-15-8-5-4-6-9-15/h4-13,18H,1-3H3,(H,21,25)(H,22,26)(H2,23,24,27). The summed E-state index contributed by atoms with van der Waals surface area (Å²) >= 11 is 0. The molecule has 0 fully saturated rings. The number of carbonyl (C=O) groups excluding carboxylic acids is 3. The number of anilines is 3. The molecule has 0 aliphatic carbocycles. The molecule has 1 atom stereocenters. The van der Waals surface area contributed by atoms with Gasteiger partial charge in [0.05, 0.1) is 0 Å². The van der Waals surface area contributed by atoms with Gasteiger partial charge in [-0.15, -0.1) is 0 Å². The molecular weight excluding hydrogens is 344 g/mol. The molecule has 0 aromatic heterocycles. The molecule has 2 rings (SSSR count). The lowest BCUT2D eigenvalue weighted by Gasteiger charge is -2.21. The molecule has 2 aromatic carbocycles. The Kier molecular flexibility index (Phi) is 6.93. The zero-order chi connectivity index (χ0) is 19.8. The van der Waals surface area contributed by atoms with Crippen molar-refractivity contribution in [2.45, 2.75) is 26.8 Å². The van der Waals surface area contributed by atoms with Crippen LogP contribution in [-0.4, -0.2) is 23.9 Å². The summed E-state index contributed by atoms with van der Waals surface area (Å²) in [5.74, 6) is -0.644. The number of urea groups is 1. The van der Waals surface area contributed by atoms with Gasteiger partial charge in [0.15, 0.2) is 0 Å². The summed E-state index contributed by atoms with van der Waals surface area (Å²) in [5, 5.41) is 10.8. The van der Waals surface area contributed by atoms with E-state index in [1.165, 1.54) is 6.92 Å². The largest absolute Gasteiger partial charge is 0.344 e. The number of hydrogen-bond acceptors (Lipinski definition) is 3. The van der Waals surface area contributed by atoms with Crippen LogP contribution in [0.2, 0.25) is 0 Å². The average Bonchev–Trinajstić information content (AvgIpc) is 2.60. The van der Waals surface area contributed by atoms with Crippen molar-refractivity contribution in [3.05, 3.63) is 54.6 Å². The number of amides is 4. The van der Waals surface area contributed by atoms with Crippen LogP contribution in [-0.2, 0) is 9.59 Å². The molecular formula is C20H24N4O3. The van der Waals surface area contributed by atoms with Gasteiger partial charge in [0, 0.05) is 24.0 Å². The number of hydrogen-bond donors (Lipinski definition) is 4. The van der Waals surface area contributed by atoms with Crippen molar-refractivity contribution in [2.75, 3.05) is 16.0 Å². The third kappa shape index (κ3) is 6.47. The SMILES string of the molecule is CC(=O)NC(C(=O)Nc1cccc(NC(=O)Nc2ccccc2)c1)C(C)C. The van der Waals surface area contributed by atoms with Gasteiger partial charge in [-0.2, -0.15) is 0 Å². The van der Waals surface area contributed by atoms with Gasteiger partial charge in [-0.1, -0.05) is 38.1 Å². The van der Waals surface area contributed by atoms with E-state index in [-0.39, 0.29) is 23.8 Å². The van der Waals surface area contributed by atoms with E-state index in [0.717, 1.165) is 0 Å². The molecule has 4 N–H and O–H groups in total. The molecule has 27 heavy (non-hydrogen) atoms. The maximum atomic E-state index is 12.4. The van der Waals surface area contributed by atoms with Gasteiger partial charge in [0.1, 0.15) is 6.04 Å². The Hall–Kier alpha value is -3.35. The molecule has 0 radical (unpaired) electrons. The molecule has 7 nitrogen and oxygen atoms in total. The third-order valence-electron chi connectivity index (χ3n) is 3.73. The molecule has 142 valence electrons. The van der Waals surface area contributed by atoms with Crippen LogP contribution in [0.4, 0.5) is 21.9 Å². The second-order valence-electron chi connectivity index (χ2n) is 6.44. The van der Waals surface area contributed by atoms with E-state index in [1.807, 2.05) is 32.0 Å². The number of rotatable bonds is 6. The summed E-state index contributed by atoms with van der Waals surface area (Å²) in [7, 11) is 0. The second-order valence-corrected chi connectivity index (χ2v) is 6.44. The fourth-order valence-electron chi connectivity index (χ4n) is 2.46. The van der Waals surface area contributed by atoms with E-state index in [2.05, 4.69) is 21.3 Å². The van der Waals surface area contributed by atoms with Crippen LogP contribution in [0.25, 0.3) is 0 Å². The normalized spacial score (nSPS) is 11.4. The summed E-state index contributed by atoms with van der Waals surface area (Å²) in [4.78, 5) is 35.8. The van der Waals surface area contributed by atoms with Gasteiger partial charge < -0.3 is 21.3 Å². The zero-order valence-electron chi connectivity index (χ0n) is 15.6. The fourth-order valence-corrected chi connectivity index (χ4v) is 2.46. The lowest BCUT2D eigenvalue weighted by Crippen LogP contribution is -2.46. The number of carbonyl (C=O) groups is 3. The van der Waals surface area contributed by atoms with Gasteiger partial charge in [-0.25, -0.2) is 4.79 Å². The predicted molar refractivity (Wildman–Crippen MR) is 107 cm³/mol. The van der Waals surface area contributed by atoms with Gasteiger partial charge in [0.25, 0.3) is 0 Å². The fraction of sp³-hybridized carbons (Fsp3) is 0.250. The lowest BCUT2D eigenvalue weighted by molar-refractivity contribution is -0.126. The molecule has 0 aliphatic rings. The first-order valence-corrected chi connectivity index (χ1v) is 8.66. The summed E-state index contributed by atoms with van der Waals surface area (Å²) in [5.41, 5.74) is 1.73. The van der Waals surface area contributed by atoms with E-state index in [0.29, 0.717) is 17.1 Å². The minimum absolute atomic E-state index is 0.0631. The van der Waals surface area contributed by atoms with E-state index in [1.54, 1.807) is 36.4 Å². The Morgan fingerprint density at radius 2 is 1.33 bits per heavy atom. The van der Waals surface area contributed by atoms with E-state index >= 15 is 0 Å². The average molecular weight is 368 g/mol. The molecule has 0 saturated carbocycles. The summed E-state index contributed by atoms with van der Waals surface area (Å²) < 4.78 is 0. The van der Waals surface area contributed by atoms with Crippen LogP contribution in [0.3, 0.4) is 0 Å². The molecule has 2 aromatic rings. The van der Waals surface area contributed by atoms with Crippen molar-refractivity contribution in [1.29, 1.82) is 0 Å². The van der Waals surface area contributed by atoms with Crippen molar-refractivity contribution in [1.82, 2.24) is 5.32 Å². The first-order chi connectivity index (χ1) is 12.8. The highest BCUT2D eigenvalue weighted by atomic mass is 16.2. The van der Waals surface area contributed by atoms with E-state index in [4.69, 9.17) is 0 Å². The highest BCUT2D eigenvalue weighted by molar-refractivity contribution is 6.01. The minimum Gasteiger partial charge on any atom is -0.344 e. The first kappa shape index (κ1) is 20.0. The molecule has 0 aliphatic heterocycles. The van der Waals surface area contributed by atoms with Crippen molar-refractivity contribution >= 4 is 34.9 Å². The smallest absolute Gasteiger partial charge is 0.323 e. The monoisotopic (exact) mass is 368 g/mol. The number of benzene rings is 2. The molecule has 1 unspecified atom stereocenters. The van der Waals surface area contributed by atoms with Crippen LogP contribution in [0.1, 0.15) is 20.8 Å². The van der Waals surface area contributed by atoms with Gasteiger partial charge >= 0.3 is 6.03 Å². The Labute approximate surface area is 158 Å². The Morgan fingerprint density at radius 3 is 1.93 bits per heavy atom. The first-order valence-electron chi connectivity index (χ1n) is 8.66.